The lowest BCUT2D eigenvalue weighted by atomic mass is 9.93. The molecule has 0 saturated carbocycles. The third-order valence-corrected chi connectivity index (χ3v) is 2.85. The van der Waals surface area contributed by atoms with Crippen molar-refractivity contribution in [1.29, 1.82) is 0 Å². The minimum absolute atomic E-state index is 0.0847. The molecule has 0 radical (unpaired) electrons. The van der Waals surface area contributed by atoms with Gasteiger partial charge in [-0.15, -0.1) is 0 Å². The van der Waals surface area contributed by atoms with Crippen LogP contribution in [0.25, 0.3) is 0 Å². The van der Waals surface area contributed by atoms with E-state index in [-0.39, 0.29) is 6.44 Å². The lowest BCUT2D eigenvalue weighted by Gasteiger charge is -2.34. The van der Waals surface area contributed by atoms with E-state index in [9.17, 15) is 9.11 Å². The minimum atomic E-state index is -3.18. The quantitative estimate of drug-likeness (QED) is 0.479. The summed E-state index contributed by atoms with van der Waals surface area (Å²) >= 11 is 0. The van der Waals surface area contributed by atoms with E-state index in [2.05, 4.69) is 14.1 Å². The highest BCUT2D eigenvalue weighted by molar-refractivity contribution is 8.23. The summed E-state index contributed by atoms with van der Waals surface area (Å²) in [5.74, 6) is 0. The van der Waals surface area contributed by atoms with Crippen LogP contribution in [0.4, 0.5) is 5.69 Å². The predicted octanol–water partition coefficient (Wildman–Crippen LogP) is 0.935. The van der Waals surface area contributed by atoms with E-state index in [1.807, 2.05) is 6.07 Å². The molecular formula is C8H15BN2O4S. The first-order valence-corrected chi connectivity index (χ1v) is 6.14. The standard InChI is InChI=1S/C8H15BN2O4S/c1-15-9(12)7-10-16(13,14)11-8-5-3-2-4-6-8/h2-6,10-14H,7H2,1H3. The number of para-hydroxylation sites is 1. The molecule has 1 rings (SSSR count). The zero-order valence-electron chi connectivity index (χ0n) is 8.83. The Morgan fingerprint density at radius 2 is 1.94 bits per heavy atom. The predicted molar refractivity (Wildman–Crippen MR) is 65.9 cm³/mol. The van der Waals surface area contributed by atoms with E-state index in [1.54, 1.807) is 24.3 Å². The van der Waals surface area contributed by atoms with E-state index in [1.165, 1.54) is 7.11 Å². The van der Waals surface area contributed by atoms with Gasteiger partial charge in [0.25, 0.3) is 0 Å². The third kappa shape index (κ3) is 4.84. The van der Waals surface area contributed by atoms with Gasteiger partial charge in [-0.25, -0.2) is 4.72 Å². The van der Waals surface area contributed by atoms with Gasteiger partial charge in [-0.05, 0) is 12.1 Å². The molecule has 6 nitrogen and oxygen atoms in total. The van der Waals surface area contributed by atoms with E-state index in [0.717, 1.165) is 0 Å². The molecule has 0 amide bonds. The summed E-state index contributed by atoms with van der Waals surface area (Å²) in [5, 5.41) is 9.07. The molecule has 0 aliphatic carbocycles. The van der Waals surface area contributed by atoms with Gasteiger partial charge < -0.3 is 9.68 Å². The molecule has 0 bridgehead atoms. The number of hydrogen-bond acceptors (Lipinski definition) is 6. The number of anilines is 1. The number of nitrogens with one attached hydrogen (secondary N) is 2. The van der Waals surface area contributed by atoms with Crippen LogP contribution < -0.4 is 9.44 Å². The van der Waals surface area contributed by atoms with Crippen molar-refractivity contribution in [3.63, 3.8) is 0 Å². The number of hydrogen-bond donors (Lipinski definition) is 5. The van der Waals surface area contributed by atoms with Crippen LogP contribution >= 0.6 is 11.0 Å². The first kappa shape index (κ1) is 13.3. The lowest BCUT2D eigenvalue weighted by Crippen LogP contribution is -2.36. The van der Waals surface area contributed by atoms with Gasteiger partial charge in [-0.3, -0.25) is 13.8 Å². The van der Waals surface area contributed by atoms with Crippen molar-refractivity contribution in [3.05, 3.63) is 30.3 Å². The molecule has 5 N–H and O–H groups in total. The van der Waals surface area contributed by atoms with Crippen molar-refractivity contribution in [2.24, 2.45) is 0 Å². The van der Waals surface area contributed by atoms with Crippen molar-refractivity contribution in [2.75, 3.05) is 18.3 Å². The molecule has 0 atom stereocenters. The summed E-state index contributed by atoms with van der Waals surface area (Å²) in [5.41, 5.74) is 0.571. The molecule has 0 aliphatic rings. The summed E-state index contributed by atoms with van der Waals surface area (Å²) in [6.07, 6.45) is -0.0847. The Hall–Kier alpha value is -0.765. The van der Waals surface area contributed by atoms with E-state index < -0.39 is 18.1 Å². The number of rotatable bonds is 6. The fourth-order valence-corrected chi connectivity index (χ4v) is 1.89. The fourth-order valence-electron chi connectivity index (χ4n) is 0.977. The second-order valence-corrected chi connectivity index (χ2v) is 4.65. The van der Waals surface area contributed by atoms with E-state index in [4.69, 9.17) is 5.02 Å². The number of benzene rings is 1. The van der Waals surface area contributed by atoms with Crippen molar-refractivity contribution < 1.29 is 18.8 Å². The van der Waals surface area contributed by atoms with Gasteiger partial charge in [0, 0.05) is 7.11 Å². The van der Waals surface area contributed by atoms with Crippen molar-refractivity contribution in [2.45, 2.75) is 0 Å². The van der Waals surface area contributed by atoms with E-state index in [0.29, 0.717) is 5.69 Å². The topological polar surface area (TPSA) is 94.0 Å². The molecular weight excluding hydrogens is 231 g/mol. The van der Waals surface area contributed by atoms with Crippen LogP contribution in [0, 0.1) is 0 Å². The molecule has 8 heteroatoms. The van der Waals surface area contributed by atoms with Gasteiger partial charge in [0.1, 0.15) is 0 Å². The van der Waals surface area contributed by atoms with Crippen molar-refractivity contribution in [1.82, 2.24) is 4.72 Å². The van der Waals surface area contributed by atoms with Crippen LogP contribution in [0.3, 0.4) is 0 Å². The Morgan fingerprint density at radius 3 is 2.50 bits per heavy atom. The lowest BCUT2D eigenvalue weighted by molar-refractivity contribution is 0.324. The molecule has 0 heterocycles. The molecule has 0 unspecified atom stereocenters. The molecule has 0 fully saturated rings. The molecule has 1 aromatic carbocycles. The Labute approximate surface area is 96.4 Å². The molecule has 0 saturated heterocycles. The summed E-state index contributed by atoms with van der Waals surface area (Å²) < 4.78 is 28.6. The first-order chi connectivity index (χ1) is 7.53. The first-order valence-electron chi connectivity index (χ1n) is 4.60. The minimum Gasteiger partial charge on any atom is -0.426 e. The van der Waals surface area contributed by atoms with Crippen LogP contribution in [-0.2, 0) is 4.65 Å². The monoisotopic (exact) mass is 246 g/mol. The summed E-state index contributed by atoms with van der Waals surface area (Å²) in [6.45, 7) is 0. The van der Waals surface area contributed by atoms with E-state index >= 15 is 0 Å². The second kappa shape index (κ2) is 6.09. The highest BCUT2D eigenvalue weighted by Gasteiger charge is 2.17. The summed E-state index contributed by atoms with van der Waals surface area (Å²) in [6, 6.07) is 8.74. The average Bonchev–Trinajstić information content (AvgIpc) is 2.27. The van der Waals surface area contributed by atoms with Crippen LogP contribution in [0.1, 0.15) is 0 Å². The zero-order valence-corrected chi connectivity index (χ0v) is 9.65. The highest BCUT2D eigenvalue weighted by Crippen LogP contribution is 2.33. The Morgan fingerprint density at radius 1 is 1.31 bits per heavy atom. The molecule has 90 valence electrons. The molecule has 0 aromatic heterocycles. The Balaban J connectivity index is 2.45. The SMILES string of the molecule is COB(O)CNS(O)(O)Nc1ccccc1. The van der Waals surface area contributed by atoms with Crippen LogP contribution in [0.15, 0.2) is 30.3 Å². The van der Waals surface area contributed by atoms with Gasteiger partial charge in [0.2, 0.25) is 0 Å². The maximum absolute atomic E-state index is 9.56. The molecule has 0 aliphatic heterocycles. The maximum Gasteiger partial charge on any atom is 0.470 e. The largest absolute Gasteiger partial charge is 0.470 e. The molecule has 1 aromatic rings. The summed E-state index contributed by atoms with van der Waals surface area (Å²) in [4.78, 5) is 0. The zero-order chi connectivity index (χ0) is 12.0. The van der Waals surface area contributed by atoms with Gasteiger partial charge in [0.05, 0.1) is 12.1 Å². The normalized spacial score (nSPS) is 12.2. The van der Waals surface area contributed by atoms with Gasteiger partial charge in [-0.2, -0.15) is 0 Å². The smallest absolute Gasteiger partial charge is 0.426 e. The van der Waals surface area contributed by atoms with Crippen LogP contribution in [-0.4, -0.2) is 34.8 Å². The molecule has 16 heavy (non-hydrogen) atoms. The maximum atomic E-state index is 9.56. The second-order valence-electron chi connectivity index (χ2n) is 3.06. The van der Waals surface area contributed by atoms with Crippen LogP contribution in [0.5, 0.6) is 0 Å². The van der Waals surface area contributed by atoms with Gasteiger partial charge in [-0.1, -0.05) is 29.2 Å². The third-order valence-electron chi connectivity index (χ3n) is 1.77. The van der Waals surface area contributed by atoms with Crippen LogP contribution in [0.2, 0.25) is 0 Å². The molecule has 0 spiro atoms. The van der Waals surface area contributed by atoms with Gasteiger partial charge in [0.15, 0.2) is 0 Å². The fraction of sp³-hybridized carbons (Fsp3) is 0.250. The van der Waals surface area contributed by atoms with Crippen molar-refractivity contribution in [3.8, 4) is 0 Å². The van der Waals surface area contributed by atoms with Gasteiger partial charge >= 0.3 is 7.12 Å². The Kier molecular flexibility index (Phi) is 5.06. The highest BCUT2D eigenvalue weighted by atomic mass is 32.3. The summed E-state index contributed by atoms with van der Waals surface area (Å²) in [7, 11) is -2.94. The van der Waals surface area contributed by atoms with Crippen molar-refractivity contribution >= 4 is 23.8 Å². The average molecular weight is 246 g/mol. The Bertz CT molecular complexity index is 314.